The van der Waals surface area contributed by atoms with Crippen LogP contribution in [0.25, 0.3) is 11.3 Å². The van der Waals surface area contributed by atoms with E-state index < -0.39 is 0 Å². The molecule has 2 rings (SSSR count). The number of nitrogen functional groups attached to an aromatic ring is 1. The summed E-state index contributed by atoms with van der Waals surface area (Å²) in [7, 11) is 0. The highest BCUT2D eigenvalue weighted by Gasteiger charge is 2.16. The Morgan fingerprint density at radius 3 is 2.75 bits per heavy atom. The number of hydrogen-bond acceptors (Lipinski definition) is 5. The van der Waals surface area contributed by atoms with Gasteiger partial charge in [-0.15, -0.1) is 11.3 Å². The quantitative estimate of drug-likeness (QED) is 0.879. The molecule has 0 aliphatic heterocycles. The van der Waals surface area contributed by atoms with Gasteiger partial charge in [0, 0.05) is 10.4 Å². The summed E-state index contributed by atoms with van der Waals surface area (Å²) in [5.41, 5.74) is 9.97. The van der Waals surface area contributed by atoms with Crippen molar-refractivity contribution in [1.82, 2.24) is 4.98 Å². The third kappa shape index (κ3) is 3.17. The van der Waals surface area contributed by atoms with E-state index in [1.54, 1.807) is 6.92 Å². The molecule has 1 heterocycles. The van der Waals surface area contributed by atoms with E-state index in [4.69, 9.17) is 10.5 Å². The van der Waals surface area contributed by atoms with Gasteiger partial charge in [0.15, 0.2) is 5.13 Å². The van der Waals surface area contributed by atoms with Crippen molar-refractivity contribution in [2.45, 2.75) is 27.2 Å². The van der Waals surface area contributed by atoms with E-state index in [0.717, 1.165) is 16.1 Å². The highest BCUT2D eigenvalue weighted by Crippen LogP contribution is 2.31. The number of esters is 1. The van der Waals surface area contributed by atoms with Gasteiger partial charge in [0.05, 0.1) is 18.7 Å². The van der Waals surface area contributed by atoms with Gasteiger partial charge in [-0.05, 0) is 38.0 Å². The first kappa shape index (κ1) is 14.5. The molecule has 0 spiro atoms. The van der Waals surface area contributed by atoms with Gasteiger partial charge in [-0.1, -0.05) is 12.1 Å². The minimum atomic E-state index is -0.249. The number of carbonyl (C=O) groups excluding carboxylic acids is 1. The van der Waals surface area contributed by atoms with Gasteiger partial charge in [-0.2, -0.15) is 0 Å². The third-order valence-corrected chi connectivity index (χ3v) is 3.99. The molecule has 0 fully saturated rings. The van der Waals surface area contributed by atoms with Crippen LogP contribution in [0.5, 0.6) is 0 Å². The van der Waals surface area contributed by atoms with Crippen LogP contribution in [0.1, 0.15) is 22.9 Å². The number of carbonyl (C=O) groups is 1. The van der Waals surface area contributed by atoms with Crippen LogP contribution in [0.4, 0.5) is 5.13 Å². The fourth-order valence-corrected chi connectivity index (χ4v) is 2.79. The van der Waals surface area contributed by atoms with Gasteiger partial charge < -0.3 is 10.5 Å². The van der Waals surface area contributed by atoms with Crippen LogP contribution in [0, 0.1) is 13.8 Å². The standard InChI is InChI=1S/C15H18N2O2S/c1-4-19-13(18)8-12-14(17-15(16)20-12)11-6-5-9(2)10(3)7-11/h5-7H,4,8H2,1-3H3,(H2,16,17). The molecular weight excluding hydrogens is 272 g/mol. The first-order chi connectivity index (χ1) is 9.51. The summed E-state index contributed by atoms with van der Waals surface area (Å²) in [5.74, 6) is -0.249. The summed E-state index contributed by atoms with van der Waals surface area (Å²) in [5, 5.41) is 0.470. The molecular formula is C15H18N2O2S. The first-order valence-electron chi connectivity index (χ1n) is 6.49. The molecule has 0 saturated heterocycles. The van der Waals surface area contributed by atoms with Crippen LogP contribution in [0.15, 0.2) is 18.2 Å². The third-order valence-electron chi connectivity index (χ3n) is 3.10. The van der Waals surface area contributed by atoms with Crippen molar-refractivity contribution in [2.24, 2.45) is 0 Å². The van der Waals surface area contributed by atoms with Gasteiger partial charge >= 0.3 is 5.97 Å². The SMILES string of the molecule is CCOC(=O)Cc1sc(N)nc1-c1ccc(C)c(C)c1. The summed E-state index contributed by atoms with van der Waals surface area (Å²) in [6, 6.07) is 6.12. The van der Waals surface area contributed by atoms with Gasteiger partial charge in [-0.3, -0.25) is 4.79 Å². The van der Waals surface area contributed by atoms with Crippen molar-refractivity contribution in [3.8, 4) is 11.3 Å². The van der Waals surface area contributed by atoms with Crippen LogP contribution < -0.4 is 5.73 Å². The Balaban J connectivity index is 2.36. The lowest BCUT2D eigenvalue weighted by Gasteiger charge is -2.05. The van der Waals surface area contributed by atoms with Gasteiger partial charge in [-0.25, -0.2) is 4.98 Å². The van der Waals surface area contributed by atoms with Crippen LogP contribution in [-0.2, 0) is 16.0 Å². The average molecular weight is 290 g/mol. The summed E-state index contributed by atoms with van der Waals surface area (Å²) in [6.45, 7) is 6.29. The molecule has 0 saturated carbocycles. The summed E-state index contributed by atoms with van der Waals surface area (Å²) in [6.07, 6.45) is 0.213. The van der Waals surface area contributed by atoms with Crippen LogP contribution in [0.3, 0.4) is 0 Å². The Morgan fingerprint density at radius 2 is 2.10 bits per heavy atom. The van der Waals surface area contributed by atoms with Crippen LogP contribution in [0.2, 0.25) is 0 Å². The zero-order valence-electron chi connectivity index (χ0n) is 11.9. The maximum Gasteiger partial charge on any atom is 0.311 e. The Labute approximate surface area is 122 Å². The first-order valence-corrected chi connectivity index (χ1v) is 7.31. The number of anilines is 1. The van der Waals surface area contributed by atoms with Crippen molar-refractivity contribution in [3.63, 3.8) is 0 Å². The molecule has 0 amide bonds. The van der Waals surface area contributed by atoms with Gasteiger partial charge in [0.2, 0.25) is 0 Å². The topological polar surface area (TPSA) is 65.2 Å². The lowest BCUT2D eigenvalue weighted by Crippen LogP contribution is -2.07. The summed E-state index contributed by atoms with van der Waals surface area (Å²) >= 11 is 1.34. The highest BCUT2D eigenvalue weighted by atomic mass is 32.1. The molecule has 0 aliphatic rings. The fourth-order valence-electron chi connectivity index (χ4n) is 1.95. The molecule has 0 unspecified atom stereocenters. The van der Waals surface area contributed by atoms with Crippen molar-refractivity contribution in [3.05, 3.63) is 34.2 Å². The minimum Gasteiger partial charge on any atom is -0.466 e. The normalized spacial score (nSPS) is 10.6. The van der Waals surface area contributed by atoms with Gasteiger partial charge in [0.25, 0.3) is 0 Å². The number of hydrogen-bond donors (Lipinski definition) is 1. The molecule has 0 aliphatic carbocycles. The number of nitrogens with two attached hydrogens (primary N) is 1. The van der Waals surface area contributed by atoms with E-state index in [-0.39, 0.29) is 12.4 Å². The maximum atomic E-state index is 11.6. The molecule has 2 aromatic rings. The van der Waals surface area contributed by atoms with E-state index in [9.17, 15) is 4.79 Å². The Morgan fingerprint density at radius 1 is 1.35 bits per heavy atom. The smallest absolute Gasteiger partial charge is 0.311 e. The maximum absolute atomic E-state index is 11.6. The lowest BCUT2D eigenvalue weighted by molar-refractivity contribution is -0.142. The fraction of sp³-hybridized carbons (Fsp3) is 0.333. The number of aromatic nitrogens is 1. The number of nitrogens with zero attached hydrogens (tertiary/aromatic N) is 1. The number of aryl methyl sites for hydroxylation is 2. The van der Waals surface area contributed by atoms with Gasteiger partial charge in [0.1, 0.15) is 0 Å². The van der Waals surface area contributed by atoms with Crippen molar-refractivity contribution < 1.29 is 9.53 Å². The molecule has 20 heavy (non-hydrogen) atoms. The second kappa shape index (κ2) is 6.05. The Hall–Kier alpha value is -1.88. The Bertz CT molecular complexity index is 635. The van der Waals surface area contributed by atoms with Crippen LogP contribution >= 0.6 is 11.3 Å². The molecule has 0 atom stereocenters. The molecule has 1 aromatic heterocycles. The van der Waals surface area contributed by atoms with Crippen molar-refractivity contribution in [2.75, 3.05) is 12.3 Å². The van der Waals surface area contributed by atoms with E-state index in [2.05, 4.69) is 24.9 Å². The molecule has 5 heteroatoms. The molecule has 0 radical (unpaired) electrons. The number of benzene rings is 1. The summed E-state index contributed by atoms with van der Waals surface area (Å²) in [4.78, 5) is 16.8. The highest BCUT2D eigenvalue weighted by molar-refractivity contribution is 7.15. The van der Waals surface area contributed by atoms with Crippen molar-refractivity contribution in [1.29, 1.82) is 0 Å². The zero-order chi connectivity index (χ0) is 14.7. The summed E-state index contributed by atoms with van der Waals surface area (Å²) < 4.78 is 4.99. The van der Waals surface area contributed by atoms with E-state index >= 15 is 0 Å². The van der Waals surface area contributed by atoms with E-state index in [1.807, 2.05) is 12.1 Å². The van der Waals surface area contributed by atoms with Crippen LogP contribution in [-0.4, -0.2) is 17.6 Å². The monoisotopic (exact) mass is 290 g/mol. The average Bonchev–Trinajstić information content (AvgIpc) is 2.74. The number of thiazole rings is 1. The number of ether oxygens (including phenoxy) is 1. The molecule has 4 nitrogen and oxygen atoms in total. The molecule has 106 valence electrons. The lowest BCUT2D eigenvalue weighted by atomic mass is 10.0. The number of rotatable bonds is 4. The predicted molar refractivity (Wildman–Crippen MR) is 81.8 cm³/mol. The predicted octanol–water partition coefficient (Wildman–Crippen LogP) is 3.11. The molecule has 2 N–H and O–H groups in total. The minimum absolute atomic E-state index is 0.213. The van der Waals surface area contributed by atoms with Crippen molar-refractivity contribution >= 4 is 22.4 Å². The Kier molecular flexibility index (Phi) is 4.39. The van der Waals surface area contributed by atoms with E-state index in [1.165, 1.54) is 22.5 Å². The molecule has 0 bridgehead atoms. The second-order valence-corrected chi connectivity index (χ2v) is 5.72. The zero-order valence-corrected chi connectivity index (χ0v) is 12.7. The van der Waals surface area contributed by atoms with E-state index in [0.29, 0.717) is 11.7 Å². The largest absolute Gasteiger partial charge is 0.466 e. The second-order valence-electron chi connectivity index (χ2n) is 4.60. The molecule has 1 aromatic carbocycles.